The number of nitrogens with zero attached hydrogens (tertiary/aromatic N) is 7. The highest BCUT2D eigenvalue weighted by atomic mass is 16.5. The molecular weight excluding hydrogens is 418 g/mol. The molecule has 0 aliphatic carbocycles. The standard InChI is InChI=1S/C23H29N9O/c1-30-6-8-31(9-7-30)22-5-3-18(16-26-22)27-21-14-19(17-2-4-20(24)25-15-17)28-23(29-21)32-10-12-33-13-11-32/h2-5,14-16H,6-13H2,1H3,(H2,24,25)(H,27,28,29). The van der Waals surface area contributed by atoms with Gasteiger partial charge in [-0.2, -0.15) is 4.98 Å². The summed E-state index contributed by atoms with van der Waals surface area (Å²) in [5, 5.41) is 3.40. The van der Waals surface area contributed by atoms with E-state index in [-0.39, 0.29) is 0 Å². The van der Waals surface area contributed by atoms with Gasteiger partial charge < -0.3 is 30.5 Å². The highest BCUT2D eigenvalue weighted by molar-refractivity contribution is 5.68. The van der Waals surface area contributed by atoms with Gasteiger partial charge in [-0.1, -0.05) is 0 Å². The fraction of sp³-hybridized carbons (Fsp3) is 0.391. The van der Waals surface area contributed by atoms with Crippen molar-refractivity contribution in [1.29, 1.82) is 0 Å². The van der Waals surface area contributed by atoms with Gasteiger partial charge in [0.15, 0.2) is 0 Å². The van der Waals surface area contributed by atoms with Crippen LogP contribution in [0.4, 0.5) is 29.1 Å². The number of piperazine rings is 1. The summed E-state index contributed by atoms with van der Waals surface area (Å²) in [5.74, 6) is 2.84. The summed E-state index contributed by atoms with van der Waals surface area (Å²) in [4.78, 5) is 25.2. The molecular formula is C23H29N9O. The van der Waals surface area contributed by atoms with Crippen LogP contribution in [0.15, 0.2) is 42.7 Å². The van der Waals surface area contributed by atoms with Crippen molar-refractivity contribution < 1.29 is 4.74 Å². The summed E-state index contributed by atoms with van der Waals surface area (Å²) in [6.07, 6.45) is 3.59. The molecule has 2 aliphatic heterocycles. The van der Waals surface area contributed by atoms with Crippen molar-refractivity contribution in [2.75, 3.05) is 80.4 Å². The van der Waals surface area contributed by atoms with E-state index in [1.54, 1.807) is 12.3 Å². The van der Waals surface area contributed by atoms with Crippen LogP contribution in [0.25, 0.3) is 11.3 Å². The first-order chi connectivity index (χ1) is 16.1. The lowest BCUT2D eigenvalue weighted by Crippen LogP contribution is -2.44. The van der Waals surface area contributed by atoms with Crippen molar-refractivity contribution in [1.82, 2.24) is 24.8 Å². The van der Waals surface area contributed by atoms with E-state index >= 15 is 0 Å². The SMILES string of the molecule is CN1CCN(c2ccc(Nc3cc(-c4ccc(N)nc4)nc(N4CCOCC4)n3)cn2)CC1. The maximum atomic E-state index is 5.77. The predicted molar refractivity (Wildman–Crippen MR) is 130 cm³/mol. The second kappa shape index (κ2) is 9.55. The van der Waals surface area contributed by atoms with Gasteiger partial charge in [0.1, 0.15) is 17.5 Å². The molecule has 2 fully saturated rings. The molecule has 3 N–H and O–H groups in total. The number of morpholine rings is 1. The van der Waals surface area contributed by atoms with E-state index in [0.29, 0.717) is 30.8 Å². The van der Waals surface area contributed by atoms with Crippen molar-refractivity contribution in [3.63, 3.8) is 0 Å². The Morgan fingerprint density at radius 3 is 2.39 bits per heavy atom. The van der Waals surface area contributed by atoms with Crippen LogP contribution < -0.4 is 20.9 Å². The van der Waals surface area contributed by atoms with Gasteiger partial charge in [-0.05, 0) is 31.3 Å². The Hall–Kier alpha value is -3.50. The zero-order chi connectivity index (χ0) is 22.6. The van der Waals surface area contributed by atoms with Gasteiger partial charge in [0.25, 0.3) is 0 Å². The number of anilines is 5. The van der Waals surface area contributed by atoms with Crippen molar-refractivity contribution in [2.45, 2.75) is 0 Å². The van der Waals surface area contributed by atoms with Gasteiger partial charge in [-0.15, -0.1) is 0 Å². The van der Waals surface area contributed by atoms with Crippen LogP contribution in [-0.4, -0.2) is 84.4 Å². The molecule has 3 aromatic rings. The summed E-state index contributed by atoms with van der Waals surface area (Å²) >= 11 is 0. The Bertz CT molecular complexity index is 1060. The maximum Gasteiger partial charge on any atom is 0.228 e. The van der Waals surface area contributed by atoms with E-state index < -0.39 is 0 Å². The monoisotopic (exact) mass is 447 g/mol. The quantitative estimate of drug-likeness (QED) is 0.601. The van der Waals surface area contributed by atoms with E-state index in [1.807, 2.05) is 24.4 Å². The number of rotatable bonds is 5. The minimum absolute atomic E-state index is 0.478. The van der Waals surface area contributed by atoms with Crippen LogP contribution in [-0.2, 0) is 4.74 Å². The number of pyridine rings is 2. The fourth-order valence-electron chi connectivity index (χ4n) is 3.94. The molecule has 10 nitrogen and oxygen atoms in total. The third-order valence-corrected chi connectivity index (χ3v) is 5.94. The Labute approximate surface area is 193 Å². The van der Waals surface area contributed by atoms with Crippen molar-refractivity contribution in [3.05, 3.63) is 42.7 Å². The largest absolute Gasteiger partial charge is 0.384 e. The van der Waals surface area contributed by atoms with Crippen LogP contribution >= 0.6 is 0 Å². The summed E-state index contributed by atoms with van der Waals surface area (Å²) in [7, 11) is 2.15. The van der Waals surface area contributed by atoms with Crippen LogP contribution in [0.2, 0.25) is 0 Å². The molecule has 0 saturated carbocycles. The number of nitrogens with two attached hydrogens (primary N) is 1. The lowest BCUT2D eigenvalue weighted by molar-refractivity contribution is 0.122. The highest BCUT2D eigenvalue weighted by Gasteiger charge is 2.18. The zero-order valence-electron chi connectivity index (χ0n) is 18.8. The number of ether oxygens (including phenoxy) is 1. The van der Waals surface area contributed by atoms with Gasteiger partial charge in [0.2, 0.25) is 5.95 Å². The zero-order valence-corrected chi connectivity index (χ0v) is 18.8. The summed E-state index contributed by atoms with van der Waals surface area (Å²) in [6.45, 7) is 6.92. The summed E-state index contributed by atoms with van der Waals surface area (Å²) < 4.78 is 5.49. The lowest BCUT2D eigenvalue weighted by atomic mass is 10.2. The van der Waals surface area contributed by atoms with Gasteiger partial charge >= 0.3 is 0 Å². The molecule has 2 aliphatic rings. The molecule has 0 atom stereocenters. The van der Waals surface area contributed by atoms with Crippen LogP contribution in [0.5, 0.6) is 0 Å². The number of aromatic nitrogens is 4. The molecule has 5 rings (SSSR count). The Morgan fingerprint density at radius 2 is 1.70 bits per heavy atom. The van der Waals surface area contributed by atoms with Crippen molar-refractivity contribution >= 4 is 29.1 Å². The molecule has 0 radical (unpaired) electrons. The third-order valence-electron chi connectivity index (χ3n) is 5.94. The first-order valence-electron chi connectivity index (χ1n) is 11.2. The molecule has 0 aromatic carbocycles. The van der Waals surface area contributed by atoms with Gasteiger partial charge in [-0.25, -0.2) is 15.0 Å². The minimum Gasteiger partial charge on any atom is -0.384 e. The Kier molecular flexibility index (Phi) is 6.18. The smallest absolute Gasteiger partial charge is 0.228 e. The average molecular weight is 448 g/mol. The minimum atomic E-state index is 0.478. The molecule has 0 spiro atoms. The first kappa shape index (κ1) is 21.4. The second-order valence-corrected chi connectivity index (χ2v) is 8.33. The normalized spacial score (nSPS) is 17.2. The van der Waals surface area contributed by atoms with Crippen molar-refractivity contribution in [2.24, 2.45) is 0 Å². The molecule has 0 bridgehead atoms. The lowest BCUT2D eigenvalue weighted by Gasteiger charge is -2.33. The van der Waals surface area contributed by atoms with E-state index in [1.165, 1.54) is 0 Å². The molecule has 5 heterocycles. The number of likely N-dealkylation sites (N-methyl/N-ethyl adjacent to an activating group) is 1. The molecule has 33 heavy (non-hydrogen) atoms. The predicted octanol–water partition coefficient (Wildman–Crippen LogP) is 1.85. The maximum absolute atomic E-state index is 5.77. The van der Waals surface area contributed by atoms with Gasteiger partial charge in [-0.3, -0.25) is 0 Å². The molecule has 172 valence electrons. The van der Waals surface area contributed by atoms with Crippen LogP contribution in [0.1, 0.15) is 0 Å². The molecule has 10 heteroatoms. The van der Waals surface area contributed by atoms with E-state index in [2.05, 4.69) is 43.1 Å². The number of nitrogen functional groups attached to an aromatic ring is 1. The molecule has 0 unspecified atom stereocenters. The number of nitrogens with one attached hydrogen (secondary N) is 1. The Balaban J connectivity index is 1.39. The highest BCUT2D eigenvalue weighted by Crippen LogP contribution is 2.26. The molecule has 0 amide bonds. The van der Waals surface area contributed by atoms with E-state index in [0.717, 1.165) is 62.0 Å². The average Bonchev–Trinajstić information content (AvgIpc) is 2.86. The van der Waals surface area contributed by atoms with Gasteiger partial charge in [0.05, 0.1) is 30.8 Å². The first-order valence-corrected chi connectivity index (χ1v) is 11.2. The Morgan fingerprint density at radius 1 is 0.879 bits per heavy atom. The summed E-state index contributed by atoms with van der Waals surface area (Å²) in [6, 6.07) is 9.72. The van der Waals surface area contributed by atoms with Crippen LogP contribution in [0, 0.1) is 0 Å². The fourth-order valence-corrected chi connectivity index (χ4v) is 3.94. The van der Waals surface area contributed by atoms with E-state index in [4.69, 9.17) is 20.4 Å². The summed E-state index contributed by atoms with van der Waals surface area (Å²) in [5.41, 5.74) is 8.30. The van der Waals surface area contributed by atoms with Crippen molar-refractivity contribution in [3.8, 4) is 11.3 Å². The molecule has 3 aromatic heterocycles. The second-order valence-electron chi connectivity index (χ2n) is 8.33. The molecule has 2 saturated heterocycles. The number of hydrogen-bond acceptors (Lipinski definition) is 10. The van der Waals surface area contributed by atoms with Gasteiger partial charge in [0, 0.05) is 57.1 Å². The van der Waals surface area contributed by atoms with Crippen LogP contribution in [0.3, 0.4) is 0 Å². The van der Waals surface area contributed by atoms with E-state index in [9.17, 15) is 0 Å². The topological polar surface area (TPSA) is 109 Å². The number of hydrogen-bond donors (Lipinski definition) is 2. The third kappa shape index (κ3) is 5.12.